The van der Waals surface area contributed by atoms with Crippen LogP contribution in [0.5, 0.6) is 5.75 Å². The summed E-state index contributed by atoms with van der Waals surface area (Å²) in [7, 11) is 1.49. The molecule has 1 amide bonds. The van der Waals surface area contributed by atoms with Gasteiger partial charge in [0.1, 0.15) is 5.75 Å². The molecule has 4 aromatic rings. The van der Waals surface area contributed by atoms with E-state index in [1.54, 1.807) is 24.4 Å². The minimum Gasteiger partial charge on any atom is -0.494 e. The lowest BCUT2D eigenvalue weighted by Crippen LogP contribution is -2.29. The number of nitrogens with one attached hydrogen (secondary N) is 2. The topological polar surface area (TPSA) is 115 Å². The molecule has 2 atom stereocenters. The summed E-state index contributed by atoms with van der Waals surface area (Å²) in [4.78, 5) is 29.9. The van der Waals surface area contributed by atoms with E-state index in [0.29, 0.717) is 27.3 Å². The number of nitro benzene ring substituents is 1. The maximum Gasteiger partial charge on any atom is 0.273 e. The average molecular weight is 619 g/mol. The Hall–Kier alpha value is -4.48. The van der Waals surface area contributed by atoms with Crippen LogP contribution in [-0.2, 0) is 4.79 Å². The molecule has 10 nitrogen and oxygen atoms in total. The summed E-state index contributed by atoms with van der Waals surface area (Å²) in [6.07, 6.45) is 1.74. The zero-order valence-corrected chi connectivity index (χ0v) is 25.9. The average Bonchev–Trinajstić information content (AvgIpc) is 3.48. The van der Waals surface area contributed by atoms with Crippen LogP contribution in [0, 0.1) is 29.9 Å². The smallest absolute Gasteiger partial charge is 0.273 e. The third kappa shape index (κ3) is 5.65. The van der Waals surface area contributed by atoms with E-state index in [1.807, 2.05) is 61.4 Å². The Bertz CT molecular complexity index is 1720. The Labute approximate surface area is 259 Å². The maximum atomic E-state index is 12.3. The number of carbonyl (C=O) groups is 1. The number of aryl methyl sites for hydroxylation is 1. The van der Waals surface area contributed by atoms with Gasteiger partial charge in [0.05, 0.1) is 52.3 Å². The lowest BCUT2D eigenvalue weighted by molar-refractivity contribution is -0.384. The number of thiocarbonyl (C=S) groups is 1. The number of amides is 1. The summed E-state index contributed by atoms with van der Waals surface area (Å²) in [5.74, 6) is 0.0565. The standard InChI is InChI=1S/C31H31ClN6O4S/c1-17(2)30(39)34-24-11-9-20(15-23(24)32)37-29(28(35-31(37)43)25-8-6-7-13-33-25)22-14-18(3)36(19(22)4)26-12-10-21(38(40)41)16-27(26)42-5/h6-17,28-29H,1-5H3,(H,34,39)(H,35,43). The van der Waals surface area contributed by atoms with Gasteiger partial charge in [0.25, 0.3) is 5.69 Å². The summed E-state index contributed by atoms with van der Waals surface area (Å²) in [6, 6.07) is 17.2. The number of benzene rings is 2. The molecule has 2 aromatic heterocycles. The van der Waals surface area contributed by atoms with Gasteiger partial charge in [0, 0.05) is 35.3 Å². The Kier molecular flexibility index (Phi) is 8.38. The van der Waals surface area contributed by atoms with Crippen molar-refractivity contribution in [2.45, 2.75) is 39.8 Å². The van der Waals surface area contributed by atoms with E-state index in [2.05, 4.69) is 21.7 Å². The van der Waals surface area contributed by atoms with Gasteiger partial charge in [-0.1, -0.05) is 31.5 Å². The molecule has 0 radical (unpaired) electrons. The van der Waals surface area contributed by atoms with Gasteiger partial charge in [-0.3, -0.25) is 19.9 Å². The van der Waals surface area contributed by atoms with E-state index >= 15 is 0 Å². The summed E-state index contributed by atoms with van der Waals surface area (Å²) in [6.45, 7) is 7.60. The number of nitrogens with zero attached hydrogens (tertiary/aromatic N) is 4. The molecule has 2 unspecified atom stereocenters. The molecule has 43 heavy (non-hydrogen) atoms. The molecule has 2 aromatic carbocycles. The molecule has 1 aliphatic heterocycles. The second-order valence-corrected chi connectivity index (χ2v) is 11.4. The molecule has 12 heteroatoms. The molecule has 0 saturated carbocycles. The molecular weight excluding hydrogens is 588 g/mol. The number of hydrogen-bond acceptors (Lipinski definition) is 6. The highest BCUT2D eigenvalue weighted by Gasteiger charge is 2.42. The van der Waals surface area contributed by atoms with Gasteiger partial charge in [-0.15, -0.1) is 0 Å². The molecule has 0 aliphatic carbocycles. The third-order valence-electron chi connectivity index (χ3n) is 7.52. The van der Waals surface area contributed by atoms with E-state index in [1.165, 1.54) is 19.2 Å². The van der Waals surface area contributed by atoms with Crippen molar-refractivity contribution in [1.29, 1.82) is 0 Å². The van der Waals surface area contributed by atoms with E-state index in [0.717, 1.165) is 28.3 Å². The van der Waals surface area contributed by atoms with E-state index < -0.39 is 4.92 Å². The monoisotopic (exact) mass is 618 g/mol. The van der Waals surface area contributed by atoms with Gasteiger partial charge < -0.3 is 24.8 Å². The molecule has 0 spiro atoms. The number of halogens is 1. The zero-order chi connectivity index (χ0) is 31.0. The first kappa shape index (κ1) is 30.0. The quantitative estimate of drug-likeness (QED) is 0.125. The SMILES string of the molecule is COc1cc([N+](=O)[O-])ccc1-n1c(C)cc(C2C(c3ccccn3)NC(=S)N2c2ccc(NC(=O)C(C)C)c(Cl)c2)c1C. The molecule has 5 rings (SSSR count). The Morgan fingerprint density at radius 2 is 1.93 bits per heavy atom. The molecule has 2 N–H and O–H groups in total. The fourth-order valence-corrected chi connectivity index (χ4v) is 5.97. The Morgan fingerprint density at radius 3 is 2.56 bits per heavy atom. The van der Waals surface area contributed by atoms with Gasteiger partial charge >= 0.3 is 0 Å². The molecule has 3 heterocycles. The van der Waals surface area contributed by atoms with Crippen molar-refractivity contribution < 1.29 is 14.5 Å². The van der Waals surface area contributed by atoms with Crippen molar-refractivity contribution in [2.24, 2.45) is 5.92 Å². The molecule has 0 bridgehead atoms. The lowest BCUT2D eigenvalue weighted by Gasteiger charge is -2.28. The van der Waals surface area contributed by atoms with E-state index in [-0.39, 0.29) is 29.6 Å². The molecule has 1 fully saturated rings. The van der Waals surface area contributed by atoms with Crippen molar-refractivity contribution in [2.75, 3.05) is 17.3 Å². The number of pyridine rings is 1. The molecule has 222 valence electrons. The number of anilines is 2. The van der Waals surface area contributed by atoms with Crippen molar-refractivity contribution in [1.82, 2.24) is 14.9 Å². The lowest BCUT2D eigenvalue weighted by atomic mass is 9.96. The number of methoxy groups -OCH3 is 1. The highest BCUT2D eigenvalue weighted by molar-refractivity contribution is 7.80. The van der Waals surface area contributed by atoms with Gasteiger partial charge in [0.15, 0.2) is 5.11 Å². The number of rotatable bonds is 8. The summed E-state index contributed by atoms with van der Waals surface area (Å²) < 4.78 is 7.59. The fourth-order valence-electron chi connectivity index (χ4n) is 5.40. The van der Waals surface area contributed by atoms with E-state index in [4.69, 9.17) is 28.6 Å². The van der Waals surface area contributed by atoms with Crippen LogP contribution < -0.4 is 20.3 Å². The number of hydrogen-bond donors (Lipinski definition) is 2. The molecular formula is C31H31ClN6O4S. The minimum atomic E-state index is -0.446. The van der Waals surface area contributed by atoms with Crippen LogP contribution in [0.3, 0.4) is 0 Å². The number of ether oxygens (including phenoxy) is 1. The van der Waals surface area contributed by atoms with Crippen LogP contribution in [0.2, 0.25) is 5.02 Å². The predicted molar refractivity (Wildman–Crippen MR) is 171 cm³/mol. The second kappa shape index (κ2) is 12.0. The van der Waals surface area contributed by atoms with Gasteiger partial charge in [-0.2, -0.15) is 0 Å². The first-order valence-corrected chi connectivity index (χ1v) is 14.4. The minimum absolute atomic E-state index is 0.0556. The van der Waals surface area contributed by atoms with Crippen LogP contribution in [0.25, 0.3) is 5.69 Å². The Balaban J connectivity index is 1.64. The van der Waals surface area contributed by atoms with Crippen LogP contribution >= 0.6 is 23.8 Å². The summed E-state index contributed by atoms with van der Waals surface area (Å²) in [5, 5.41) is 18.6. The second-order valence-electron chi connectivity index (χ2n) is 10.6. The first-order valence-electron chi connectivity index (χ1n) is 13.6. The summed E-state index contributed by atoms with van der Waals surface area (Å²) in [5.41, 5.74) is 5.46. The van der Waals surface area contributed by atoms with Crippen molar-refractivity contribution >= 4 is 51.9 Å². The molecule has 1 aliphatic rings. The largest absolute Gasteiger partial charge is 0.494 e. The normalized spacial score (nSPS) is 16.3. The third-order valence-corrected chi connectivity index (χ3v) is 8.14. The number of nitro groups is 1. The number of aromatic nitrogens is 2. The molecule has 1 saturated heterocycles. The van der Waals surface area contributed by atoms with Gasteiger partial charge in [-0.05, 0) is 74.1 Å². The van der Waals surface area contributed by atoms with Crippen LogP contribution in [0.15, 0.2) is 66.9 Å². The van der Waals surface area contributed by atoms with Gasteiger partial charge in [-0.25, -0.2) is 0 Å². The predicted octanol–water partition coefficient (Wildman–Crippen LogP) is 6.83. The highest BCUT2D eigenvalue weighted by Crippen LogP contribution is 2.45. The van der Waals surface area contributed by atoms with Crippen LogP contribution in [-0.4, -0.2) is 32.6 Å². The van der Waals surface area contributed by atoms with Crippen molar-refractivity contribution in [3.63, 3.8) is 0 Å². The van der Waals surface area contributed by atoms with Crippen LogP contribution in [0.1, 0.15) is 48.6 Å². The summed E-state index contributed by atoms with van der Waals surface area (Å²) >= 11 is 12.6. The highest BCUT2D eigenvalue weighted by atomic mass is 35.5. The fraction of sp³-hybridized carbons (Fsp3) is 0.258. The van der Waals surface area contributed by atoms with Crippen molar-refractivity contribution in [3.8, 4) is 11.4 Å². The number of non-ortho nitro benzene ring substituents is 1. The maximum absolute atomic E-state index is 12.3. The first-order chi connectivity index (χ1) is 20.5. The van der Waals surface area contributed by atoms with Crippen molar-refractivity contribution in [3.05, 3.63) is 105 Å². The number of carbonyl (C=O) groups excluding carboxylic acids is 1. The van der Waals surface area contributed by atoms with Gasteiger partial charge in [0.2, 0.25) is 5.91 Å². The van der Waals surface area contributed by atoms with Crippen LogP contribution in [0.4, 0.5) is 17.1 Å². The van der Waals surface area contributed by atoms with E-state index in [9.17, 15) is 14.9 Å². The zero-order valence-electron chi connectivity index (χ0n) is 24.3. The Morgan fingerprint density at radius 1 is 1.16 bits per heavy atom.